The molecule has 1 aromatic rings. The van der Waals surface area contributed by atoms with Crippen molar-refractivity contribution in [3.63, 3.8) is 0 Å². The fraction of sp³-hybridized carbons (Fsp3) is 0.688. The lowest BCUT2D eigenvalue weighted by Crippen LogP contribution is -2.45. The van der Waals surface area contributed by atoms with Gasteiger partial charge in [0.05, 0.1) is 5.92 Å². The lowest BCUT2D eigenvalue weighted by molar-refractivity contribution is -0.129. The van der Waals surface area contributed by atoms with Crippen LogP contribution in [-0.2, 0) is 4.79 Å². The van der Waals surface area contributed by atoms with Crippen molar-refractivity contribution in [2.45, 2.75) is 32.1 Å². The van der Waals surface area contributed by atoms with Gasteiger partial charge in [0, 0.05) is 37.4 Å². The molecule has 4 rings (SSSR count). The largest absolute Gasteiger partial charge is 0.356 e. The van der Waals surface area contributed by atoms with Crippen molar-refractivity contribution < 1.29 is 4.79 Å². The minimum Gasteiger partial charge on any atom is -0.356 e. The number of rotatable bonds is 4. The van der Waals surface area contributed by atoms with E-state index in [4.69, 9.17) is 0 Å². The molecule has 1 N–H and O–H groups in total. The Kier molecular flexibility index (Phi) is 3.08. The molecule has 1 atom stereocenters. The molecule has 2 saturated carbocycles. The van der Waals surface area contributed by atoms with Gasteiger partial charge in [0.1, 0.15) is 0 Å². The van der Waals surface area contributed by atoms with Crippen LogP contribution in [0.2, 0.25) is 0 Å². The third kappa shape index (κ3) is 2.39. The minimum absolute atomic E-state index is 0.105. The van der Waals surface area contributed by atoms with E-state index in [1.807, 2.05) is 6.07 Å². The lowest BCUT2D eigenvalue weighted by Gasteiger charge is -2.41. The van der Waals surface area contributed by atoms with Gasteiger partial charge >= 0.3 is 0 Å². The maximum atomic E-state index is 12.6. The van der Waals surface area contributed by atoms with Crippen LogP contribution in [-0.4, -0.2) is 35.5 Å². The summed E-state index contributed by atoms with van der Waals surface area (Å²) < 4.78 is 0. The van der Waals surface area contributed by atoms with Gasteiger partial charge in [0.25, 0.3) is 0 Å². The molecule has 21 heavy (non-hydrogen) atoms. The van der Waals surface area contributed by atoms with Gasteiger partial charge in [-0.25, -0.2) is 9.97 Å². The van der Waals surface area contributed by atoms with E-state index in [1.54, 1.807) is 12.4 Å². The number of hydrogen-bond donors (Lipinski definition) is 1. The Morgan fingerprint density at radius 1 is 1.33 bits per heavy atom. The summed E-state index contributed by atoms with van der Waals surface area (Å²) in [6.45, 7) is 2.56. The number of hydrogen-bond acceptors (Lipinski definition) is 4. The molecule has 1 saturated heterocycles. The summed E-state index contributed by atoms with van der Waals surface area (Å²) in [5.41, 5.74) is 0.173. The summed E-state index contributed by atoms with van der Waals surface area (Å²) >= 11 is 0. The molecule has 3 fully saturated rings. The zero-order valence-corrected chi connectivity index (χ0v) is 12.3. The molecule has 1 unspecified atom stereocenters. The summed E-state index contributed by atoms with van der Waals surface area (Å²) in [4.78, 5) is 23.5. The number of aromatic nitrogens is 2. The summed E-state index contributed by atoms with van der Waals surface area (Å²) in [6, 6.07) is 1.83. The highest BCUT2D eigenvalue weighted by Crippen LogP contribution is 2.52. The van der Waals surface area contributed by atoms with E-state index in [1.165, 1.54) is 19.3 Å². The molecule has 0 aromatic carbocycles. The normalized spacial score (nSPS) is 26.7. The predicted octanol–water partition coefficient (Wildman–Crippen LogP) is 1.61. The molecular weight excluding hydrogens is 264 g/mol. The monoisotopic (exact) mass is 286 g/mol. The molecule has 1 aliphatic heterocycles. The van der Waals surface area contributed by atoms with E-state index in [2.05, 4.69) is 20.2 Å². The van der Waals surface area contributed by atoms with E-state index in [0.29, 0.717) is 0 Å². The van der Waals surface area contributed by atoms with Crippen LogP contribution < -0.4 is 10.2 Å². The van der Waals surface area contributed by atoms with Crippen LogP contribution in [0.25, 0.3) is 0 Å². The number of amides is 1. The van der Waals surface area contributed by atoms with Crippen molar-refractivity contribution in [1.82, 2.24) is 15.3 Å². The maximum absolute atomic E-state index is 12.6. The fourth-order valence-electron chi connectivity index (χ4n) is 3.76. The second kappa shape index (κ2) is 4.97. The Morgan fingerprint density at radius 3 is 2.71 bits per heavy atom. The maximum Gasteiger partial charge on any atom is 0.225 e. The first-order valence-electron chi connectivity index (χ1n) is 8.07. The van der Waals surface area contributed by atoms with Crippen LogP contribution in [0.3, 0.4) is 0 Å². The van der Waals surface area contributed by atoms with Gasteiger partial charge < -0.3 is 10.2 Å². The van der Waals surface area contributed by atoms with Gasteiger partial charge in [0.15, 0.2) is 0 Å². The highest BCUT2D eigenvalue weighted by Gasteiger charge is 2.53. The minimum atomic E-state index is 0.105. The van der Waals surface area contributed by atoms with Crippen LogP contribution in [0.15, 0.2) is 18.5 Å². The van der Waals surface area contributed by atoms with Crippen LogP contribution in [0.5, 0.6) is 0 Å². The highest BCUT2D eigenvalue weighted by atomic mass is 16.2. The molecule has 0 bridgehead atoms. The first-order chi connectivity index (χ1) is 10.3. The Labute approximate surface area is 125 Å². The quantitative estimate of drug-likeness (QED) is 0.913. The molecule has 5 heteroatoms. The molecule has 1 aromatic heterocycles. The average molecular weight is 286 g/mol. The smallest absolute Gasteiger partial charge is 0.225 e. The van der Waals surface area contributed by atoms with Crippen molar-refractivity contribution in [3.05, 3.63) is 18.5 Å². The van der Waals surface area contributed by atoms with Crippen molar-refractivity contribution in [3.8, 4) is 0 Å². The summed E-state index contributed by atoms with van der Waals surface area (Å²) in [6.07, 6.45) is 9.68. The van der Waals surface area contributed by atoms with E-state index in [9.17, 15) is 4.79 Å². The van der Waals surface area contributed by atoms with Gasteiger partial charge in [0.2, 0.25) is 11.9 Å². The van der Waals surface area contributed by atoms with Gasteiger partial charge in [-0.05, 0) is 37.7 Å². The highest BCUT2D eigenvalue weighted by molar-refractivity contribution is 5.81. The second-order valence-electron chi connectivity index (χ2n) is 6.89. The molecule has 112 valence electrons. The number of nitrogens with zero attached hydrogens (tertiary/aromatic N) is 3. The van der Waals surface area contributed by atoms with Crippen LogP contribution >= 0.6 is 0 Å². The van der Waals surface area contributed by atoms with Gasteiger partial charge in [-0.2, -0.15) is 0 Å². The summed E-state index contributed by atoms with van der Waals surface area (Å²) in [7, 11) is 0. The molecule has 1 spiro atoms. The topological polar surface area (TPSA) is 58.1 Å². The van der Waals surface area contributed by atoms with Crippen molar-refractivity contribution >= 4 is 11.9 Å². The van der Waals surface area contributed by atoms with Crippen molar-refractivity contribution in [2.24, 2.45) is 17.3 Å². The van der Waals surface area contributed by atoms with Crippen LogP contribution in [0, 0.1) is 17.3 Å². The predicted molar refractivity (Wildman–Crippen MR) is 79.8 cm³/mol. The zero-order chi connectivity index (χ0) is 14.3. The molecule has 0 radical (unpaired) electrons. The summed E-state index contributed by atoms with van der Waals surface area (Å²) in [5, 5.41) is 3.18. The standard InChI is InChI=1S/C16H22N4O/c21-14(19-9-12-3-4-12)13-10-20(11-16(13)5-1-6-16)15-17-7-2-8-18-15/h2,7-8,12-13H,1,3-6,9-11H2,(H,19,21). The van der Waals surface area contributed by atoms with E-state index < -0.39 is 0 Å². The first-order valence-corrected chi connectivity index (χ1v) is 8.07. The van der Waals surface area contributed by atoms with E-state index in [0.717, 1.165) is 44.3 Å². The Morgan fingerprint density at radius 2 is 2.10 bits per heavy atom. The molecule has 3 aliphatic rings. The lowest BCUT2D eigenvalue weighted by atomic mass is 9.62. The average Bonchev–Trinajstić information content (AvgIpc) is 3.21. The number of carbonyl (C=O) groups excluding carboxylic acids is 1. The zero-order valence-electron chi connectivity index (χ0n) is 12.3. The fourth-order valence-corrected chi connectivity index (χ4v) is 3.76. The second-order valence-corrected chi connectivity index (χ2v) is 6.89. The Balaban J connectivity index is 1.48. The van der Waals surface area contributed by atoms with Crippen molar-refractivity contribution in [1.29, 1.82) is 0 Å². The SMILES string of the molecule is O=C(NCC1CC1)C1CN(c2ncccn2)CC12CCC2. The molecule has 5 nitrogen and oxygen atoms in total. The van der Waals surface area contributed by atoms with E-state index in [-0.39, 0.29) is 17.2 Å². The number of carbonyl (C=O) groups is 1. The Hall–Kier alpha value is -1.65. The molecular formula is C16H22N4O. The summed E-state index contributed by atoms with van der Waals surface area (Å²) in [5.74, 6) is 1.86. The third-order valence-corrected chi connectivity index (χ3v) is 5.41. The van der Waals surface area contributed by atoms with Gasteiger partial charge in [-0.15, -0.1) is 0 Å². The molecule has 2 aliphatic carbocycles. The van der Waals surface area contributed by atoms with Crippen molar-refractivity contribution in [2.75, 3.05) is 24.5 Å². The van der Waals surface area contributed by atoms with E-state index >= 15 is 0 Å². The Bertz CT molecular complexity index is 524. The number of nitrogens with one attached hydrogen (secondary N) is 1. The number of anilines is 1. The molecule has 2 heterocycles. The van der Waals surface area contributed by atoms with Gasteiger partial charge in [-0.1, -0.05) is 6.42 Å². The third-order valence-electron chi connectivity index (χ3n) is 5.41. The first kappa shape index (κ1) is 13.0. The van der Waals surface area contributed by atoms with Gasteiger partial charge in [-0.3, -0.25) is 4.79 Å². The van der Waals surface area contributed by atoms with Crippen LogP contribution in [0.1, 0.15) is 32.1 Å². The molecule has 1 amide bonds. The van der Waals surface area contributed by atoms with Crippen LogP contribution in [0.4, 0.5) is 5.95 Å².